The quantitative estimate of drug-likeness (QED) is 0.797. The van der Waals surface area contributed by atoms with Crippen LogP contribution in [0.5, 0.6) is 5.75 Å². The van der Waals surface area contributed by atoms with Crippen LogP contribution in [0.4, 0.5) is 0 Å². The molecule has 0 saturated carbocycles. The zero-order valence-corrected chi connectivity index (χ0v) is 9.55. The zero-order valence-electron chi connectivity index (χ0n) is 9.55. The number of carboxylic acid groups (broad SMARTS) is 1. The molecule has 1 aromatic rings. The molecular weight excluding hydrogens is 206 g/mol. The highest BCUT2D eigenvalue weighted by atomic mass is 16.4. The van der Waals surface area contributed by atoms with Gasteiger partial charge in [-0.1, -0.05) is 12.1 Å². The highest BCUT2D eigenvalue weighted by molar-refractivity contribution is 5.69. The van der Waals surface area contributed by atoms with Gasteiger partial charge in [0.25, 0.3) is 0 Å². The molecule has 0 atom stereocenters. The minimum Gasteiger partial charge on any atom is -0.508 e. The van der Waals surface area contributed by atoms with Gasteiger partial charge >= 0.3 is 5.97 Å². The number of hydrogen-bond donors (Lipinski definition) is 2. The van der Waals surface area contributed by atoms with Crippen molar-refractivity contribution in [3.8, 4) is 5.75 Å². The van der Waals surface area contributed by atoms with Crippen molar-refractivity contribution in [2.24, 2.45) is 0 Å². The van der Waals surface area contributed by atoms with Crippen LogP contribution in [0.25, 0.3) is 0 Å². The Balaban J connectivity index is 2.67. The first-order chi connectivity index (χ1) is 7.49. The normalized spacial score (nSPS) is 11.0. The van der Waals surface area contributed by atoms with Crippen LogP contribution in [-0.2, 0) is 11.3 Å². The fourth-order valence-electron chi connectivity index (χ4n) is 1.43. The van der Waals surface area contributed by atoms with Gasteiger partial charge in [0.2, 0.25) is 0 Å². The van der Waals surface area contributed by atoms with Crippen LogP contribution >= 0.6 is 0 Å². The maximum atomic E-state index is 10.7. The number of aliphatic carboxylic acids is 1. The lowest BCUT2D eigenvalue weighted by Gasteiger charge is -2.24. The summed E-state index contributed by atoms with van der Waals surface area (Å²) < 4.78 is 0. The zero-order chi connectivity index (χ0) is 12.1. The van der Waals surface area contributed by atoms with Gasteiger partial charge in [-0.25, -0.2) is 0 Å². The molecule has 16 heavy (non-hydrogen) atoms. The van der Waals surface area contributed by atoms with E-state index in [-0.39, 0.29) is 18.3 Å². The molecular formula is C12H17NO3. The van der Waals surface area contributed by atoms with E-state index in [1.807, 2.05) is 18.7 Å². The van der Waals surface area contributed by atoms with E-state index >= 15 is 0 Å². The van der Waals surface area contributed by atoms with Gasteiger partial charge in [-0.2, -0.15) is 0 Å². The van der Waals surface area contributed by atoms with Gasteiger partial charge in [-0.05, 0) is 31.5 Å². The summed E-state index contributed by atoms with van der Waals surface area (Å²) in [6.45, 7) is 4.52. The van der Waals surface area contributed by atoms with E-state index in [0.717, 1.165) is 5.56 Å². The number of phenolic OH excluding ortho intramolecular Hbond substituents is 1. The first-order valence-corrected chi connectivity index (χ1v) is 5.23. The van der Waals surface area contributed by atoms with Crippen molar-refractivity contribution in [2.75, 3.05) is 6.54 Å². The third kappa shape index (κ3) is 3.90. The Morgan fingerprint density at radius 2 is 1.88 bits per heavy atom. The molecule has 4 heteroatoms. The van der Waals surface area contributed by atoms with E-state index in [1.54, 1.807) is 24.3 Å². The number of nitrogens with zero attached hydrogens (tertiary/aromatic N) is 1. The molecule has 1 rings (SSSR count). The molecule has 0 amide bonds. The lowest BCUT2D eigenvalue weighted by Crippen LogP contribution is -2.35. The SMILES string of the molecule is CC(C)N(CC(=O)O)Cc1ccc(O)cc1. The number of hydrogen-bond acceptors (Lipinski definition) is 3. The van der Waals surface area contributed by atoms with Gasteiger partial charge in [-0.3, -0.25) is 9.69 Å². The fourth-order valence-corrected chi connectivity index (χ4v) is 1.43. The maximum Gasteiger partial charge on any atom is 0.317 e. The summed E-state index contributed by atoms with van der Waals surface area (Å²) in [5.74, 6) is -0.606. The summed E-state index contributed by atoms with van der Waals surface area (Å²) in [6, 6.07) is 6.98. The minimum absolute atomic E-state index is 0.0263. The van der Waals surface area contributed by atoms with Crippen molar-refractivity contribution in [3.63, 3.8) is 0 Å². The average molecular weight is 223 g/mol. The topological polar surface area (TPSA) is 60.8 Å². The molecule has 0 bridgehead atoms. The fraction of sp³-hybridized carbons (Fsp3) is 0.417. The third-order valence-electron chi connectivity index (χ3n) is 2.39. The molecule has 88 valence electrons. The van der Waals surface area contributed by atoms with Crippen LogP contribution in [0.15, 0.2) is 24.3 Å². The first kappa shape index (κ1) is 12.5. The minimum atomic E-state index is -0.826. The number of benzene rings is 1. The van der Waals surface area contributed by atoms with E-state index in [9.17, 15) is 4.79 Å². The highest BCUT2D eigenvalue weighted by Crippen LogP contribution is 2.12. The molecule has 0 saturated heterocycles. The van der Waals surface area contributed by atoms with E-state index in [0.29, 0.717) is 6.54 Å². The number of carbonyl (C=O) groups is 1. The molecule has 0 heterocycles. The van der Waals surface area contributed by atoms with Gasteiger partial charge in [0.05, 0.1) is 6.54 Å². The Labute approximate surface area is 95.1 Å². The number of phenols is 1. The molecule has 2 N–H and O–H groups in total. The van der Waals surface area contributed by atoms with Crippen molar-refractivity contribution in [3.05, 3.63) is 29.8 Å². The monoisotopic (exact) mass is 223 g/mol. The molecule has 0 spiro atoms. The Morgan fingerprint density at radius 3 is 2.31 bits per heavy atom. The van der Waals surface area contributed by atoms with Gasteiger partial charge in [-0.15, -0.1) is 0 Å². The van der Waals surface area contributed by atoms with Gasteiger partial charge < -0.3 is 10.2 Å². The summed E-state index contributed by atoms with van der Waals surface area (Å²) in [5, 5.41) is 17.9. The smallest absolute Gasteiger partial charge is 0.317 e. The number of rotatable bonds is 5. The lowest BCUT2D eigenvalue weighted by atomic mass is 10.2. The van der Waals surface area contributed by atoms with Crippen LogP contribution in [0.2, 0.25) is 0 Å². The summed E-state index contributed by atoms with van der Waals surface area (Å²) in [4.78, 5) is 12.5. The summed E-state index contributed by atoms with van der Waals surface area (Å²) in [5.41, 5.74) is 0.993. The van der Waals surface area contributed by atoms with Crippen LogP contribution in [0.1, 0.15) is 19.4 Å². The predicted octanol–water partition coefficient (Wildman–Crippen LogP) is 1.69. The molecule has 0 radical (unpaired) electrons. The van der Waals surface area contributed by atoms with Crippen molar-refractivity contribution in [2.45, 2.75) is 26.4 Å². The summed E-state index contributed by atoms with van der Waals surface area (Å²) >= 11 is 0. The third-order valence-corrected chi connectivity index (χ3v) is 2.39. The molecule has 0 aliphatic heterocycles. The van der Waals surface area contributed by atoms with Crippen molar-refractivity contribution < 1.29 is 15.0 Å². The molecule has 0 aromatic heterocycles. The number of aromatic hydroxyl groups is 1. The van der Waals surface area contributed by atoms with Crippen LogP contribution in [-0.4, -0.2) is 33.7 Å². The molecule has 0 aliphatic rings. The Kier molecular flexibility index (Phi) is 4.31. The second-order valence-corrected chi connectivity index (χ2v) is 4.06. The Bertz CT molecular complexity index is 346. The van der Waals surface area contributed by atoms with Crippen LogP contribution in [0.3, 0.4) is 0 Å². The molecule has 1 aromatic carbocycles. The lowest BCUT2D eigenvalue weighted by molar-refractivity contribution is -0.138. The second kappa shape index (κ2) is 5.51. The summed E-state index contributed by atoms with van der Waals surface area (Å²) in [7, 11) is 0. The molecule has 4 nitrogen and oxygen atoms in total. The maximum absolute atomic E-state index is 10.7. The van der Waals surface area contributed by atoms with Crippen molar-refractivity contribution in [1.82, 2.24) is 4.90 Å². The Hall–Kier alpha value is -1.55. The summed E-state index contributed by atoms with van der Waals surface area (Å²) in [6.07, 6.45) is 0. The van der Waals surface area contributed by atoms with Crippen LogP contribution < -0.4 is 0 Å². The largest absolute Gasteiger partial charge is 0.508 e. The van der Waals surface area contributed by atoms with Gasteiger partial charge in [0.15, 0.2) is 0 Å². The van der Waals surface area contributed by atoms with Crippen LogP contribution in [0, 0.1) is 0 Å². The molecule has 0 unspecified atom stereocenters. The average Bonchev–Trinajstić information content (AvgIpc) is 2.19. The standard InChI is InChI=1S/C12H17NO3/c1-9(2)13(8-12(15)16)7-10-3-5-11(14)6-4-10/h3-6,9,14H,7-8H2,1-2H3,(H,15,16). The predicted molar refractivity (Wildman–Crippen MR) is 61.3 cm³/mol. The van der Waals surface area contributed by atoms with Gasteiger partial charge in [0, 0.05) is 12.6 Å². The van der Waals surface area contributed by atoms with E-state index < -0.39 is 5.97 Å². The molecule has 0 aliphatic carbocycles. The van der Waals surface area contributed by atoms with E-state index in [4.69, 9.17) is 10.2 Å². The molecule has 0 fully saturated rings. The van der Waals surface area contributed by atoms with Crippen molar-refractivity contribution >= 4 is 5.97 Å². The van der Waals surface area contributed by atoms with E-state index in [2.05, 4.69) is 0 Å². The van der Waals surface area contributed by atoms with E-state index in [1.165, 1.54) is 0 Å². The first-order valence-electron chi connectivity index (χ1n) is 5.23. The van der Waals surface area contributed by atoms with Crippen molar-refractivity contribution in [1.29, 1.82) is 0 Å². The number of carboxylic acids is 1. The second-order valence-electron chi connectivity index (χ2n) is 4.06. The van der Waals surface area contributed by atoms with Gasteiger partial charge in [0.1, 0.15) is 5.75 Å². The Morgan fingerprint density at radius 1 is 1.31 bits per heavy atom. The highest BCUT2D eigenvalue weighted by Gasteiger charge is 2.13.